The van der Waals surface area contributed by atoms with E-state index in [9.17, 15) is 0 Å². The van der Waals surface area contributed by atoms with E-state index in [1.54, 1.807) is 6.07 Å². The van der Waals surface area contributed by atoms with Crippen molar-refractivity contribution in [1.82, 2.24) is 0 Å². The third-order valence-electron chi connectivity index (χ3n) is 7.06. The number of nitrogens with one attached hydrogen (secondary N) is 1. The van der Waals surface area contributed by atoms with Gasteiger partial charge < -0.3 is 5.32 Å². The van der Waals surface area contributed by atoms with Gasteiger partial charge in [-0.1, -0.05) is 102 Å². The molecule has 168 valence electrons. The van der Waals surface area contributed by atoms with E-state index >= 15 is 0 Å². The predicted octanol–water partition coefficient (Wildman–Crippen LogP) is 10.3. The highest BCUT2D eigenvalue weighted by Crippen LogP contribution is 2.50. The van der Waals surface area contributed by atoms with Crippen LogP contribution in [0.25, 0.3) is 43.4 Å². The number of fused-ring (bicyclic) bond motifs is 8. The standard InChI is InChI=1S/C31H18Cl3N/c32-18-10-12-24-26(13-18)31(27-14-19(33)15-28(34)30(24)27)35-29-16-25-20-6-2-1-5-17(20)9-11-22(25)21-7-3-4-8-23(21)29/h1-16,31,35H/t31-/m1/s1. The van der Waals surface area contributed by atoms with Gasteiger partial charge in [0.1, 0.15) is 0 Å². The molecule has 0 saturated carbocycles. The van der Waals surface area contributed by atoms with Gasteiger partial charge in [0.2, 0.25) is 0 Å². The predicted molar refractivity (Wildman–Crippen MR) is 151 cm³/mol. The first-order chi connectivity index (χ1) is 17.1. The fourth-order valence-electron chi connectivity index (χ4n) is 5.56. The molecular formula is C31H18Cl3N. The summed E-state index contributed by atoms with van der Waals surface area (Å²) in [4.78, 5) is 0. The maximum Gasteiger partial charge on any atom is 0.0781 e. The molecule has 0 amide bonds. The second kappa shape index (κ2) is 7.90. The number of hydrogen-bond acceptors (Lipinski definition) is 1. The molecule has 1 nitrogen and oxygen atoms in total. The highest BCUT2D eigenvalue weighted by molar-refractivity contribution is 6.37. The van der Waals surface area contributed by atoms with Crippen LogP contribution in [0.4, 0.5) is 5.69 Å². The Balaban J connectivity index is 1.51. The van der Waals surface area contributed by atoms with Crippen molar-refractivity contribution < 1.29 is 0 Å². The number of rotatable bonds is 2. The minimum absolute atomic E-state index is 0.134. The zero-order chi connectivity index (χ0) is 23.7. The number of hydrogen-bond donors (Lipinski definition) is 1. The van der Waals surface area contributed by atoms with Crippen LogP contribution in [0, 0.1) is 0 Å². The van der Waals surface area contributed by atoms with E-state index in [1.165, 1.54) is 32.3 Å². The molecule has 0 aromatic heterocycles. The van der Waals surface area contributed by atoms with Crippen molar-refractivity contribution in [2.24, 2.45) is 0 Å². The lowest BCUT2D eigenvalue weighted by atomic mass is 9.95. The smallest absolute Gasteiger partial charge is 0.0781 e. The van der Waals surface area contributed by atoms with E-state index in [-0.39, 0.29) is 6.04 Å². The molecule has 0 spiro atoms. The molecule has 0 bridgehead atoms. The molecular weight excluding hydrogens is 493 g/mol. The zero-order valence-corrected chi connectivity index (χ0v) is 20.7. The molecule has 0 saturated heterocycles. The second-order valence-electron chi connectivity index (χ2n) is 9.01. The van der Waals surface area contributed by atoms with Crippen molar-refractivity contribution in [2.75, 3.05) is 5.32 Å². The first-order valence-electron chi connectivity index (χ1n) is 11.5. The van der Waals surface area contributed by atoms with Crippen LogP contribution in [-0.4, -0.2) is 0 Å². The van der Waals surface area contributed by atoms with Crippen LogP contribution in [0.3, 0.4) is 0 Å². The third-order valence-corrected chi connectivity index (χ3v) is 7.81. The average molecular weight is 511 g/mol. The Kier molecular flexibility index (Phi) is 4.76. The van der Waals surface area contributed by atoms with Gasteiger partial charge in [0.25, 0.3) is 0 Å². The lowest BCUT2D eigenvalue weighted by Crippen LogP contribution is -2.10. The lowest BCUT2D eigenvalue weighted by molar-refractivity contribution is 0.977. The SMILES string of the molecule is Clc1ccc2c(c1)[C@@H](Nc1cc3c4ccccc4ccc3c3ccccc13)c1cc(Cl)cc(Cl)c1-2. The van der Waals surface area contributed by atoms with E-state index in [0.29, 0.717) is 15.1 Å². The molecule has 6 aromatic carbocycles. The van der Waals surface area contributed by atoms with Gasteiger partial charge in [-0.25, -0.2) is 0 Å². The molecule has 0 radical (unpaired) electrons. The van der Waals surface area contributed by atoms with Crippen molar-refractivity contribution >= 4 is 72.8 Å². The monoisotopic (exact) mass is 509 g/mol. The van der Waals surface area contributed by atoms with Gasteiger partial charge in [-0.15, -0.1) is 0 Å². The van der Waals surface area contributed by atoms with Crippen LogP contribution in [-0.2, 0) is 0 Å². The highest BCUT2D eigenvalue weighted by Gasteiger charge is 2.31. The van der Waals surface area contributed by atoms with Crippen LogP contribution in [0.5, 0.6) is 0 Å². The van der Waals surface area contributed by atoms with Gasteiger partial charge in [0, 0.05) is 26.7 Å². The molecule has 0 unspecified atom stereocenters. The lowest BCUT2D eigenvalue weighted by Gasteiger charge is -2.21. The quantitative estimate of drug-likeness (QED) is 0.228. The van der Waals surface area contributed by atoms with Crippen molar-refractivity contribution in [3.05, 3.63) is 123 Å². The van der Waals surface area contributed by atoms with Gasteiger partial charge in [-0.2, -0.15) is 0 Å². The maximum absolute atomic E-state index is 6.70. The second-order valence-corrected chi connectivity index (χ2v) is 10.3. The fourth-order valence-corrected chi connectivity index (χ4v) is 6.36. The number of halogens is 3. The Morgan fingerprint density at radius 1 is 0.543 bits per heavy atom. The maximum atomic E-state index is 6.70. The van der Waals surface area contributed by atoms with Crippen molar-refractivity contribution in [3.8, 4) is 11.1 Å². The Hall–Kier alpha value is -3.23. The summed E-state index contributed by atoms with van der Waals surface area (Å²) in [5.41, 5.74) is 5.31. The van der Waals surface area contributed by atoms with Crippen LogP contribution in [0.2, 0.25) is 15.1 Å². The summed E-state index contributed by atoms with van der Waals surface area (Å²) >= 11 is 19.6. The van der Waals surface area contributed by atoms with E-state index in [0.717, 1.165) is 27.9 Å². The molecule has 7 rings (SSSR count). The van der Waals surface area contributed by atoms with Crippen LogP contribution >= 0.6 is 34.8 Å². The van der Waals surface area contributed by atoms with Crippen LogP contribution in [0.15, 0.2) is 97.1 Å². The topological polar surface area (TPSA) is 12.0 Å². The van der Waals surface area contributed by atoms with Gasteiger partial charge in [-0.3, -0.25) is 0 Å². The summed E-state index contributed by atoms with van der Waals surface area (Å²) in [6.07, 6.45) is 0. The molecule has 0 fully saturated rings. The Morgan fingerprint density at radius 2 is 1.26 bits per heavy atom. The molecule has 1 aliphatic carbocycles. The summed E-state index contributed by atoms with van der Waals surface area (Å²) in [7, 11) is 0. The fraction of sp³-hybridized carbons (Fsp3) is 0.0323. The summed E-state index contributed by atoms with van der Waals surface area (Å²) in [6.45, 7) is 0. The zero-order valence-electron chi connectivity index (χ0n) is 18.4. The van der Waals surface area contributed by atoms with Crippen LogP contribution < -0.4 is 5.32 Å². The van der Waals surface area contributed by atoms with Crippen LogP contribution in [0.1, 0.15) is 17.2 Å². The van der Waals surface area contributed by atoms with E-state index in [2.05, 4.69) is 72.0 Å². The normalized spacial score (nSPS) is 14.4. The molecule has 0 heterocycles. The minimum atomic E-state index is -0.134. The van der Waals surface area contributed by atoms with Gasteiger partial charge in [0.15, 0.2) is 0 Å². The largest absolute Gasteiger partial charge is 0.374 e. The van der Waals surface area contributed by atoms with E-state index in [1.807, 2.05) is 24.3 Å². The molecule has 1 atom stereocenters. The van der Waals surface area contributed by atoms with Gasteiger partial charge in [-0.05, 0) is 74.0 Å². The van der Waals surface area contributed by atoms with Crippen molar-refractivity contribution in [1.29, 1.82) is 0 Å². The first kappa shape index (κ1) is 21.1. The summed E-state index contributed by atoms with van der Waals surface area (Å²) < 4.78 is 0. The molecule has 1 N–H and O–H groups in total. The van der Waals surface area contributed by atoms with Crippen molar-refractivity contribution in [2.45, 2.75) is 6.04 Å². The first-order valence-corrected chi connectivity index (χ1v) is 12.6. The summed E-state index contributed by atoms with van der Waals surface area (Å²) in [5.74, 6) is 0. The number of anilines is 1. The summed E-state index contributed by atoms with van der Waals surface area (Å²) in [6, 6.07) is 33.4. The Morgan fingerprint density at radius 3 is 2.11 bits per heavy atom. The third kappa shape index (κ3) is 3.23. The Bertz CT molecular complexity index is 1820. The summed E-state index contributed by atoms with van der Waals surface area (Å²) in [5, 5.41) is 13.1. The highest BCUT2D eigenvalue weighted by atomic mass is 35.5. The molecule has 0 aliphatic heterocycles. The number of benzene rings is 6. The average Bonchev–Trinajstić information content (AvgIpc) is 3.16. The van der Waals surface area contributed by atoms with Crippen molar-refractivity contribution in [3.63, 3.8) is 0 Å². The minimum Gasteiger partial charge on any atom is -0.374 e. The molecule has 35 heavy (non-hydrogen) atoms. The van der Waals surface area contributed by atoms with Gasteiger partial charge >= 0.3 is 0 Å². The Labute approximate surface area is 217 Å². The van der Waals surface area contributed by atoms with Gasteiger partial charge in [0.05, 0.1) is 11.1 Å². The van der Waals surface area contributed by atoms with E-state index in [4.69, 9.17) is 34.8 Å². The van der Waals surface area contributed by atoms with E-state index < -0.39 is 0 Å². The molecule has 1 aliphatic rings. The molecule has 6 aromatic rings. The molecule has 4 heteroatoms.